The predicted octanol–water partition coefficient (Wildman–Crippen LogP) is 6.84. The Labute approximate surface area is 237 Å². The molecule has 0 aliphatic carbocycles. The Kier molecular flexibility index (Phi) is 8.21. The average Bonchev–Trinajstić information content (AvgIpc) is 3.33. The molecule has 1 N–H and O–H groups in total. The number of nitrogens with zero attached hydrogens (tertiary/aromatic N) is 3. The first kappa shape index (κ1) is 27.5. The van der Waals surface area contributed by atoms with Gasteiger partial charge in [0.1, 0.15) is 24.2 Å². The molecule has 7 nitrogen and oxygen atoms in total. The van der Waals surface area contributed by atoms with Crippen molar-refractivity contribution in [2.75, 3.05) is 5.32 Å². The number of nitrogens with one attached hydrogen (secondary N) is 1. The van der Waals surface area contributed by atoms with Crippen LogP contribution in [0.2, 0.25) is 0 Å². The zero-order valence-corrected chi connectivity index (χ0v) is 23.7. The number of hydrogen-bond acceptors (Lipinski definition) is 7. The van der Waals surface area contributed by atoms with Gasteiger partial charge in [0.15, 0.2) is 0 Å². The average molecular weight is 559 g/mol. The van der Waals surface area contributed by atoms with Crippen LogP contribution in [0.1, 0.15) is 49.1 Å². The van der Waals surface area contributed by atoms with Crippen molar-refractivity contribution in [3.8, 4) is 5.75 Å². The van der Waals surface area contributed by atoms with E-state index in [1.165, 1.54) is 17.8 Å². The lowest BCUT2D eigenvalue weighted by atomic mass is 9.95. The maximum atomic E-state index is 14.2. The van der Waals surface area contributed by atoms with E-state index in [0.29, 0.717) is 46.0 Å². The van der Waals surface area contributed by atoms with Gasteiger partial charge in [0.25, 0.3) is 0 Å². The smallest absolute Gasteiger partial charge is 0.338 e. The van der Waals surface area contributed by atoms with E-state index >= 15 is 0 Å². The number of thioether (sulfide) groups is 1. The van der Waals surface area contributed by atoms with Crippen molar-refractivity contribution in [3.05, 3.63) is 112 Å². The van der Waals surface area contributed by atoms with Crippen molar-refractivity contribution in [2.24, 2.45) is 0 Å². The molecule has 0 radical (unpaired) electrons. The first-order chi connectivity index (χ1) is 19.3. The lowest BCUT2D eigenvalue weighted by Gasteiger charge is -2.28. The molecule has 0 saturated heterocycles. The van der Waals surface area contributed by atoms with E-state index in [1.807, 2.05) is 63.2 Å². The summed E-state index contributed by atoms with van der Waals surface area (Å²) in [6, 6.07) is 21.8. The van der Waals surface area contributed by atoms with Gasteiger partial charge in [0.2, 0.25) is 11.1 Å². The number of fused-ring (bicyclic) bond motifs is 1. The van der Waals surface area contributed by atoms with Gasteiger partial charge in [-0.2, -0.15) is 4.98 Å². The van der Waals surface area contributed by atoms with E-state index in [-0.39, 0.29) is 11.9 Å². The van der Waals surface area contributed by atoms with Crippen LogP contribution in [-0.4, -0.2) is 26.8 Å². The molecule has 1 aliphatic heterocycles. The van der Waals surface area contributed by atoms with Crippen LogP contribution in [0.15, 0.2) is 89.2 Å². The number of halogens is 1. The van der Waals surface area contributed by atoms with E-state index in [4.69, 9.17) is 14.6 Å². The zero-order valence-electron chi connectivity index (χ0n) is 22.8. The minimum atomic E-state index is -0.597. The van der Waals surface area contributed by atoms with Gasteiger partial charge in [-0.05, 0) is 68.1 Å². The summed E-state index contributed by atoms with van der Waals surface area (Å²) in [4.78, 5) is 18.0. The summed E-state index contributed by atoms with van der Waals surface area (Å²) in [6.45, 7) is 7.94. The molecular formula is C31H31FN4O3S. The summed E-state index contributed by atoms with van der Waals surface area (Å²) in [7, 11) is 0. The van der Waals surface area contributed by atoms with Crippen molar-refractivity contribution in [3.63, 3.8) is 0 Å². The number of benzene rings is 3. The molecule has 40 heavy (non-hydrogen) atoms. The standard InChI is InChI=1S/C31H31FN4O3S/c1-19(2)39-29(37)27-21(4)33-30-34-31(40-18-24-12-7-8-15-26(24)32)35-36(30)28(27)22-13-9-14-25(16-22)38-17-23-11-6-5-10-20(23)3/h5-16,19,28H,17-18H2,1-4H3,(H,33,34,35). The number of ether oxygens (including phenoxy) is 2. The SMILES string of the molecule is CC1=C(C(=O)OC(C)C)C(c2cccc(OCc3ccccc3C)c2)n2nc(SCc3ccccc3F)nc2N1. The number of carbonyl (C=O) groups is 1. The van der Waals surface area contributed by atoms with Crippen molar-refractivity contribution in [1.29, 1.82) is 0 Å². The summed E-state index contributed by atoms with van der Waals surface area (Å²) < 4.78 is 27.7. The molecule has 1 unspecified atom stereocenters. The summed E-state index contributed by atoms with van der Waals surface area (Å²) in [5.41, 5.74) is 4.69. The molecule has 3 aromatic carbocycles. The number of aryl methyl sites for hydroxylation is 1. The van der Waals surface area contributed by atoms with Crippen LogP contribution in [0.3, 0.4) is 0 Å². The van der Waals surface area contributed by atoms with Gasteiger partial charge in [-0.3, -0.25) is 0 Å². The summed E-state index contributed by atoms with van der Waals surface area (Å²) >= 11 is 1.33. The van der Waals surface area contributed by atoms with Crippen LogP contribution < -0.4 is 10.1 Å². The molecule has 1 aliphatic rings. The lowest BCUT2D eigenvalue weighted by molar-refractivity contribution is -0.143. The maximum absolute atomic E-state index is 14.2. The molecule has 0 amide bonds. The lowest BCUT2D eigenvalue weighted by Crippen LogP contribution is -2.30. The fourth-order valence-electron chi connectivity index (χ4n) is 4.51. The van der Waals surface area contributed by atoms with Crippen LogP contribution in [0, 0.1) is 12.7 Å². The molecular weight excluding hydrogens is 527 g/mol. The minimum absolute atomic E-state index is 0.270. The van der Waals surface area contributed by atoms with Gasteiger partial charge in [-0.25, -0.2) is 13.9 Å². The normalized spacial score (nSPS) is 14.6. The summed E-state index contributed by atoms with van der Waals surface area (Å²) in [5, 5.41) is 8.41. The summed E-state index contributed by atoms with van der Waals surface area (Å²) in [6.07, 6.45) is -0.291. The Hall–Kier alpha value is -4.11. The highest BCUT2D eigenvalue weighted by Gasteiger charge is 2.36. The van der Waals surface area contributed by atoms with Gasteiger partial charge in [-0.1, -0.05) is 66.4 Å². The first-order valence-corrected chi connectivity index (χ1v) is 14.1. The van der Waals surface area contributed by atoms with Crippen LogP contribution in [0.4, 0.5) is 10.3 Å². The van der Waals surface area contributed by atoms with Gasteiger partial charge < -0.3 is 14.8 Å². The largest absolute Gasteiger partial charge is 0.489 e. The Balaban J connectivity index is 1.47. The molecule has 9 heteroatoms. The number of rotatable bonds is 9. The quantitative estimate of drug-likeness (QED) is 0.178. The Morgan fingerprint density at radius 2 is 1.80 bits per heavy atom. The highest BCUT2D eigenvalue weighted by molar-refractivity contribution is 7.98. The number of aromatic nitrogens is 3. The third-order valence-corrected chi connectivity index (χ3v) is 7.43. The molecule has 5 rings (SSSR count). The Morgan fingerprint density at radius 3 is 2.55 bits per heavy atom. The molecule has 206 valence electrons. The van der Waals surface area contributed by atoms with E-state index in [2.05, 4.69) is 23.3 Å². The van der Waals surface area contributed by atoms with Gasteiger partial charge in [0.05, 0.1) is 11.7 Å². The monoisotopic (exact) mass is 558 g/mol. The van der Waals surface area contributed by atoms with E-state index < -0.39 is 12.0 Å². The van der Waals surface area contributed by atoms with E-state index in [9.17, 15) is 9.18 Å². The van der Waals surface area contributed by atoms with Crippen LogP contribution in [0.25, 0.3) is 0 Å². The predicted molar refractivity (Wildman–Crippen MR) is 154 cm³/mol. The first-order valence-electron chi connectivity index (χ1n) is 13.1. The second-order valence-electron chi connectivity index (χ2n) is 9.85. The minimum Gasteiger partial charge on any atom is -0.489 e. The van der Waals surface area contributed by atoms with Crippen LogP contribution >= 0.6 is 11.8 Å². The fourth-order valence-corrected chi connectivity index (χ4v) is 5.32. The number of hydrogen-bond donors (Lipinski definition) is 1. The summed E-state index contributed by atoms with van der Waals surface area (Å²) in [5.74, 6) is 0.833. The molecule has 4 aromatic rings. The van der Waals surface area contributed by atoms with Crippen LogP contribution in [-0.2, 0) is 21.9 Å². The second-order valence-corrected chi connectivity index (χ2v) is 10.8. The number of carbonyl (C=O) groups excluding carboxylic acids is 1. The van der Waals surface area contributed by atoms with Gasteiger partial charge >= 0.3 is 5.97 Å². The molecule has 1 atom stereocenters. The van der Waals surface area contributed by atoms with Crippen molar-refractivity contribution in [2.45, 2.75) is 57.4 Å². The van der Waals surface area contributed by atoms with E-state index in [0.717, 1.165) is 16.7 Å². The Bertz CT molecular complexity index is 1570. The Morgan fingerprint density at radius 1 is 1.05 bits per heavy atom. The highest BCUT2D eigenvalue weighted by atomic mass is 32.2. The van der Waals surface area contributed by atoms with Crippen molar-refractivity contribution in [1.82, 2.24) is 14.8 Å². The molecule has 0 fully saturated rings. The molecule has 0 spiro atoms. The number of anilines is 1. The maximum Gasteiger partial charge on any atom is 0.338 e. The fraction of sp³-hybridized carbons (Fsp3) is 0.258. The number of allylic oxidation sites excluding steroid dienone is 1. The topological polar surface area (TPSA) is 78.3 Å². The third kappa shape index (κ3) is 6.04. The van der Waals surface area contributed by atoms with Crippen LogP contribution in [0.5, 0.6) is 5.75 Å². The molecule has 2 heterocycles. The molecule has 0 saturated carbocycles. The van der Waals surface area contributed by atoms with E-state index in [1.54, 1.807) is 22.9 Å². The number of esters is 1. The van der Waals surface area contributed by atoms with Gasteiger partial charge in [-0.15, -0.1) is 5.10 Å². The van der Waals surface area contributed by atoms with Crippen molar-refractivity contribution < 1.29 is 18.7 Å². The third-order valence-electron chi connectivity index (χ3n) is 6.54. The second kappa shape index (κ2) is 12.0. The molecule has 0 bridgehead atoms. The van der Waals surface area contributed by atoms with Gasteiger partial charge in [0, 0.05) is 11.4 Å². The van der Waals surface area contributed by atoms with Crippen molar-refractivity contribution >= 4 is 23.7 Å². The highest BCUT2D eigenvalue weighted by Crippen LogP contribution is 2.38. The molecule has 1 aromatic heterocycles. The zero-order chi connectivity index (χ0) is 28.2.